The third-order valence-corrected chi connectivity index (χ3v) is 3.03. The smallest absolute Gasteiger partial charge is 0.251 e. The van der Waals surface area contributed by atoms with Gasteiger partial charge in [-0.25, -0.2) is 0 Å². The summed E-state index contributed by atoms with van der Waals surface area (Å²) in [5, 5.41) is 2.83. The Balaban J connectivity index is 2.04. The fourth-order valence-corrected chi connectivity index (χ4v) is 1.94. The molecule has 4 heteroatoms. The molecule has 3 N–H and O–H groups in total. The van der Waals surface area contributed by atoms with E-state index < -0.39 is 0 Å². The van der Waals surface area contributed by atoms with Crippen molar-refractivity contribution in [2.24, 2.45) is 5.73 Å². The van der Waals surface area contributed by atoms with E-state index in [0.29, 0.717) is 18.7 Å². The lowest BCUT2D eigenvalue weighted by molar-refractivity contribution is 0.0948. The normalized spacial score (nSPS) is 9.86. The third-order valence-electron chi connectivity index (χ3n) is 3.03. The summed E-state index contributed by atoms with van der Waals surface area (Å²) in [7, 11) is 0. The van der Waals surface area contributed by atoms with Crippen molar-refractivity contribution in [3.8, 4) is 11.8 Å². The van der Waals surface area contributed by atoms with Gasteiger partial charge in [0.2, 0.25) is 0 Å². The Morgan fingerprint density at radius 2 is 2.10 bits per heavy atom. The predicted molar refractivity (Wildman–Crippen MR) is 81.7 cm³/mol. The van der Waals surface area contributed by atoms with Gasteiger partial charge in [0.05, 0.1) is 13.1 Å². The first-order chi connectivity index (χ1) is 10.1. The van der Waals surface area contributed by atoms with E-state index in [1.807, 2.05) is 38.1 Å². The Labute approximate surface area is 124 Å². The van der Waals surface area contributed by atoms with Gasteiger partial charge >= 0.3 is 0 Å². The van der Waals surface area contributed by atoms with E-state index in [4.69, 9.17) is 10.2 Å². The van der Waals surface area contributed by atoms with E-state index in [9.17, 15) is 4.79 Å². The SMILES string of the molecule is Cc1ccc(CNC(=O)c2ccc(C#CCN)c(C)c2)o1. The van der Waals surface area contributed by atoms with Crippen LogP contribution in [0.15, 0.2) is 34.7 Å². The summed E-state index contributed by atoms with van der Waals surface area (Å²) in [4.78, 5) is 12.1. The summed E-state index contributed by atoms with van der Waals surface area (Å²) in [5.74, 6) is 7.22. The first-order valence-electron chi connectivity index (χ1n) is 6.73. The molecule has 1 amide bonds. The van der Waals surface area contributed by atoms with Gasteiger partial charge in [-0.2, -0.15) is 0 Å². The quantitative estimate of drug-likeness (QED) is 0.847. The molecule has 0 aliphatic rings. The molecule has 0 aliphatic carbocycles. The molecule has 1 heterocycles. The Morgan fingerprint density at radius 1 is 1.29 bits per heavy atom. The molecule has 0 unspecified atom stereocenters. The minimum Gasteiger partial charge on any atom is -0.465 e. The Morgan fingerprint density at radius 3 is 2.71 bits per heavy atom. The molecule has 0 atom stereocenters. The zero-order valence-electron chi connectivity index (χ0n) is 12.2. The number of benzene rings is 1. The number of carbonyl (C=O) groups is 1. The lowest BCUT2D eigenvalue weighted by Crippen LogP contribution is -2.22. The van der Waals surface area contributed by atoms with E-state index in [1.54, 1.807) is 6.07 Å². The number of hydrogen-bond acceptors (Lipinski definition) is 3. The van der Waals surface area contributed by atoms with Crippen LogP contribution in [0.3, 0.4) is 0 Å². The molecule has 0 radical (unpaired) electrons. The molecular formula is C17H18N2O2. The second-order valence-corrected chi connectivity index (χ2v) is 4.73. The fraction of sp³-hybridized carbons (Fsp3) is 0.235. The number of aryl methyl sites for hydroxylation is 2. The number of nitrogens with one attached hydrogen (secondary N) is 1. The van der Waals surface area contributed by atoms with Crippen molar-refractivity contribution >= 4 is 5.91 Å². The van der Waals surface area contributed by atoms with Gasteiger partial charge in [0.25, 0.3) is 5.91 Å². The molecule has 0 aliphatic heterocycles. The minimum atomic E-state index is -0.134. The molecular weight excluding hydrogens is 264 g/mol. The Bertz CT molecular complexity index is 705. The molecule has 2 rings (SSSR count). The molecule has 1 aromatic heterocycles. The number of hydrogen-bond donors (Lipinski definition) is 2. The van der Waals surface area contributed by atoms with Crippen molar-refractivity contribution in [2.75, 3.05) is 6.54 Å². The topological polar surface area (TPSA) is 68.3 Å². The molecule has 2 aromatic rings. The predicted octanol–water partition coefficient (Wildman–Crippen LogP) is 2.14. The average Bonchev–Trinajstić information content (AvgIpc) is 2.89. The summed E-state index contributed by atoms with van der Waals surface area (Å²) in [6.45, 7) is 4.49. The molecule has 108 valence electrons. The zero-order valence-corrected chi connectivity index (χ0v) is 12.2. The van der Waals surface area contributed by atoms with Crippen molar-refractivity contribution in [2.45, 2.75) is 20.4 Å². The molecule has 0 bridgehead atoms. The second-order valence-electron chi connectivity index (χ2n) is 4.73. The summed E-state index contributed by atoms with van der Waals surface area (Å²) in [5.41, 5.74) is 7.80. The Kier molecular flexibility index (Phi) is 4.81. The maximum Gasteiger partial charge on any atom is 0.251 e. The molecule has 0 fully saturated rings. The molecule has 0 saturated carbocycles. The summed E-state index contributed by atoms with van der Waals surface area (Å²) >= 11 is 0. The molecule has 4 nitrogen and oxygen atoms in total. The summed E-state index contributed by atoms with van der Waals surface area (Å²) < 4.78 is 5.41. The van der Waals surface area contributed by atoms with Crippen LogP contribution < -0.4 is 11.1 Å². The molecule has 0 saturated heterocycles. The number of carbonyl (C=O) groups excluding carboxylic acids is 1. The number of furan rings is 1. The van der Waals surface area contributed by atoms with E-state index in [2.05, 4.69) is 17.2 Å². The van der Waals surface area contributed by atoms with Gasteiger partial charge < -0.3 is 15.5 Å². The van der Waals surface area contributed by atoms with Crippen molar-refractivity contribution < 1.29 is 9.21 Å². The van der Waals surface area contributed by atoms with Gasteiger partial charge in [-0.1, -0.05) is 11.8 Å². The van der Waals surface area contributed by atoms with Crippen molar-refractivity contribution in [1.82, 2.24) is 5.32 Å². The first-order valence-corrected chi connectivity index (χ1v) is 6.73. The largest absolute Gasteiger partial charge is 0.465 e. The maximum absolute atomic E-state index is 12.1. The van der Waals surface area contributed by atoms with Gasteiger partial charge in [0.1, 0.15) is 11.5 Å². The lowest BCUT2D eigenvalue weighted by Gasteiger charge is -2.05. The number of rotatable bonds is 3. The van der Waals surface area contributed by atoms with Crippen LogP contribution in [0, 0.1) is 25.7 Å². The van der Waals surface area contributed by atoms with Gasteiger partial charge in [-0.05, 0) is 49.7 Å². The highest BCUT2D eigenvalue weighted by Gasteiger charge is 2.08. The van der Waals surface area contributed by atoms with E-state index in [-0.39, 0.29) is 5.91 Å². The molecule has 21 heavy (non-hydrogen) atoms. The van der Waals surface area contributed by atoms with Crippen LogP contribution in [0.5, 0.6) is 0 Å². The average molecular weight is 282 g/mol. The van der Waals surface area contributed by atoms with Crippen LogP contribution in [0.2, 0.25) is 0 Å². The Hall–Kier alpha value is -2.51. The van der Waals surface area contributed by atoms with Crippen LogP contribution >= 0.6 is 0 Å². The highest BCUT2D eigenvalue weighted by Crippen LogP contribution is 2.11. The monoisotopic (exact) mass is 282 g/mol. The fourth-order valence-electron chi connectivity index (χ4n) is 1.94. The van der Waals surface area contributed by atoms with Crippen LogP contribution in [0.4, 0.5) is 0 Å². The van der Waals surface area contributed by atoms with Crippen molar-refractivity contribution in [3.05, 3.63) is 58.5 Å². The molecule has 1 aromatic carbocycles. The third kappa shape index (κ3) is 3.98. The van der Waals surface area contributed by atoms with Gasteiger partial charge in [-0.15, -0.1) is 0 Å². The van der Waals surface area contributed by atoms with Gasteiger partial charge in [-0.3, -0.25) is 4.79 Å². The zero-order chi connectivity index (χ0) is 15.2. The minimum absolute atomic E-state index is 0.134. The second kappa shape index (κ2) is 6.78. The van der Waals surface area contributed by atoms with Crippen LogP contribution in [0.1, 0.15) is 33.0 Å². The summed E-state index contributed by atoms with van der Waals surface area (Å²) in [6.07, 6.45) is 0. The summed E-state index contributed by atoms with van der Waals surface area (Å²) in [6, 6.07) is 9.15. The standard InChI is InChI=1S/C17H18N2O2/c1-12-10-15(7-6-14(12)4-3-9-18)17(20)19-11-16-8-5-13(2)21-16/h5-8,10H,9,11,18H2,1-2H3,(H,19,20). The highest BCUT2D eigenvalue weighted by atomic mass is 16.3. The van der Waals surface area contributed by atoms with Crippen LogP contribution in [0.25, 0.3) is 0 Å². The molecule has 0 spiro atoms. The number of nitrogens with two attached hydrogens (primary N) is 1. The van der Waals surface area contributed by atoms with E-state index >= 15 is 0 Å². The van der Waals surface area contributed by atoms with E-state index in [0.717, 1.165) is 22.6 Å². The van der Waals surface area contributed by atoms with E-state index in [1.165, 1.54) is 0 Å². The van der Waals surface area contributed by atoms with Crippen LogP contribution in [-0.2, 0) is 6.54 Å². The number of amides is 1. The highest BCUT2D eigenvalue weighted by molar-refractivity contribution is 5.94. The van der Waals surface area contributed by atoms with Gasteiger partial charge in [0, 0.05) is 11.1 Å². The first kappa shape index (κ1) is 14.9. The van der Waals surface area contributed by atoms with Gasteiger partial charge in [0.15, 0.2) is 0 Å². The van der Waals surface area contributed by atoms with Crippen molar-refractivity contribution in [1.29, 1.82) is 0 Å². The van der Waals surface area contributed by atoms with Crippen molar-refractivity contribution in [3.63, 3.8) is 0 Å². The lowest BCUT2D eigenvalue weighted by atomic mass is 10.0. The maximum atomic E-state index is 12.1. The van der Waals surface area contributed by atoms with Crippen LogP contribution in [-0.4, -0.2) is 12.5 Å².